The molecule has 0 bridgehead atoms. The highest BCUT2D eigenvalue weighted by Gasteiger charge is 2.27. The topological polar surface area (TPSA) is 95.6 Å². The van der Waals surface area contributed by atoms with E-state index in [1.807, 2.05) is 37.3 Å². The summed E-state index contributed by atoms with van der Waals surface area (Å²) >= 11 is 0. The van der Waals surface area contributed by atoms with Crippen LogP contribution in [0.15, 0.2) is 41.2 Å². The Kier molecular flexibility index (Phi) is 3.76. The normalized spacial score (nSPS) is 16.4. The summed E-state index contributed by atoms with van der Waals surface area (Å²) in [6.07, 6.45) is 2.19. The maximum Gasteiger partial charge on any atom is 0.273 e. The van der Waals surface area contributed by atoms with Gasteiger partial charge in [-0.15, -0.1) is 0 Å². The zero-order valence-electron chi connectivity index (χ0n) is 13.9. The summed E-state index contributed by atoms with van der Waals surface area (Å²) in [5.74, 6) is 1.08. The van der Waals surface area contributed by atoms with Crippen molar-refractivity contribution in [3.8, 4) is 5.69 Å². The molecule has 4 rings (SSSR count). The molecule has 0 spiro atoms. The maximum atomic E-state index is 12.6. The van der Waals surface area contributed by atoms with Crippen LogP contribution in [0.25, 0.3) is 5.69 Å². The largest absolute Gasteiger partial charge is 0.346 e. The SMILES string of the molecule is Cc1nc2c([nH]1)CC(C(=O)Nc1cc(=O)n(-c3ccccc3)[nH]1)CC2. The molecule has 7 heteroatoms. The van der Waals surface area contributed by atoms with Gasteiger partial charge in [0, 0.05) is 24.1 Å². The van der Waals surface area contributed by atoms with Crippen LogP contribution in [0, 0.1) is 12.8 Å². The van der Waals surface area contributed by atoms with Gasteiger partial charge in [0.1, 0.15) is 11.6 Å². The van der Waals surface area contributed by atoms with Crippen molar-refractivity contribution >= 4 is 11.7 Å². The lowest BCUT2D eigenvalue weighted by molar-refractivity contribution is -0.120. The second-order valence-corrected chi connectivity index (χ2v) is 6.36. The number of carbonyl (C=O) groups is 1. The van der Waals surface area contributed by atoms with Gasteiger partial charge in [-0.2, -0.15) is 0 Å². The third-order valence-electron chi connectivity index (χ3n) is 4.53. The number of fused-ring (bicyclic) bond motifs is 1. The number of aryl methyl sites for hydroxylation is 2. The van der Waals surface area contributed by atoms with Crippen LogP contribution in [0.1, 0.15) is 23.6 Å². The van der Waals surface area contributed by atoms with Crippen LogP contribution in [0.2, 0.25) is 0 Å². The summed E-state index contributed by atoms with van der Waals surface area (Å²) < 4.78 is 1.41. The van der Waals surface area contributed by atoms with Crippen molar-refractivity contribution in [2.75, 3.05) is 5.32 Å². The molecule has 1 aliphatic carbocycles. The number of rotatable bonds is 3. The Morgan fingerprint density at radius 1 is 1.32 bits per heavy atom. The zero-order valence-corrected chi connectivity index (χ0v) is 13.9. The van der Waals surface area contributed by atoms with Gasteiger partial charge in [0.2, 0.25) is 5.91 Å². The molecule has 7 nitrogen and oxygen atoms in total. The Balaban J connectivity index is 1.50. The first-order valence-corrected chi connectivity index (χ1v) is 8.33. The van der Waals surface area contributed by atoms with Crippen LogP contribution in [-0.2, 0) is 17.6 Å². The van der Waals surface area contributed by atoms with E-state index in [0.29, 0.717) is 12.2 Å². The van der Waals surface area contributed by atoms with E-state index in [1.165, 1.54) is 10.7 Å². The molecule has 0 radical (unpaired) electrons. The van der Waals surface area contributed by atoms with Crippen molar-refractivity contribution in [1.29, 1.82) is 0 Å². The first-order chi connectivity index (χ1) is 12.1. The monoisotopic (exact) mass is 337 g/mol. The summed E-state index contributed by atoms with van der Waals surface area (Å²) in [6, 6.07) is 10.6. The van der Waals surface area contributed by atoms with E-state index in [9.17, 15) is 9.59 Å². The molecule has 0 saturated carbocycles. The number of aromatic nitrogens is 4. The van der Waals surface area contributed by atoms with E-state index >= 15 is 0 Å². The van der Waals surface area contributed by atoms with Crippen LogP contribution in [0.3, 0.4) is 0 Å². The van der Waals surface area contributed by atoms with E-state index in [0.717, 1.165) is 35.7 Å². The lowest BCUT2D eigenvalue weighted by Crippen LogP contribution is -2.28. The van der Waals surface area contributed by atoms with Gasteiger partial charge in [0.25, 0.3) is 5.56 Å². The maximum absolute atomic E-state index is 12.6. The number of hydrogen-bond donors (Lipinski definition) is 3. The molecule has 0 aliphatic heterocycles. The van der Waals surface area contributed by atoms with E-state index in [2.05, 4.69) is 20.4 Å². The molecule has 1 aromatic carbocycles. The molecule has 3 aromatic rings. The predicted molar refractivity (Wildman–Crippen MR) is 93.9 cm³/mol. The lowest BCUT2D eigenvalue weighted by Gasteiger charge is -2.20. The number of amides is 1. The summed E-state index contributed by atoms with van der Waals surface area (Å²) in [4.78, 5) is 32.4. The molecule has 25 heavy (non-hydrogen) atoms. The fraction of sp³-hybridized carbons (Fsp3) is 0.278. The average molecular weight is 337 g/mol. The highest BCUT2D eigenvalue weighted by atomic mass is 16.2. The molecule has 0 saturated heterocycles. The van der Waals surface area contributed by atoms with Crippen molar-refractivity contribution in [3.63, 3.8) is 0 Å². The number of hydrogen-bond acceptors (Lipinski definition) is 3. The molecule has 128 valence electrons. The third kappa shape index (κ3) is 3.00. The number of para-hydroxylation sites is 1. The van der Waals surface area contributed by atoms with Gasteiger partial charge in [0.05, 0.1) is 11.4 Å². The minimum atomic E-state index is -0.211. The van der Waals surface area contributed by atoms with Crippen LogP contribution >= 0.6 is 0 Å². The molecule has 1 amide bonds. The molecular formula is C18H19N5O2. The van der Waals surface area contributed by atoms with Crippen LogP contribution in [-0.4, -0.2) is 25.7 Å². The van der Waals surface area contributed by atoms with E-state index in [-0.39, 0.29) is 17.4 Å². The standard InChI is InChI=1S/C18H19N5O2/c1-11-19-14-8-7-12(9-15(14)20-11)18(25)21-16-10-17(24)23(22-16)13-5-3-2-4-6-13/h2-6,10,12,22H,7-9H2,1H3,(H,19,20)(H,21,25). The molecule has 1 unspecified atom stereocenters. The minimum Gasteiger partial charge on any atom is -0.346 e. The Bertz CT molecular complexity index is 967. The minimum absolute atomic E-state index is 0.0839. The number of H-pyrrole nitrogens is 2. The first kappa shape index (κ1) is 15.4. The van der Waals surface area contributed by atoms with Gasteiger partial charge in [-0.05, 0) is 31.9 Å². The van der Waals surface area contributed by atoms with E-state index in [1.54, 1.807) is 0 Å². The quantitative estimate of drug-likeness (QED) is 0.681. The Hall–Kier alpha value is -3.09. The van der Waals surface area contributed by atoms with Crippen molar-refractivity contribution in [2.45, 2.75) is 26.2 Å². The van der Waals surface area contributed by atoms with Gasteiger partial charge in [-0.1, -0.05) is 18.2 Å². The van der Waals surface area contributed by atoms with Gasteiger partial charge in [-0.3, -0.25) is 14.7 Å². The van der Waals surface area contributed by atoms with Gasteiger partial charge < -0.3 is 10.3 Å². The predicted octanol–water partition coefficient (Wildman–Crippen LogP) is 1.94. The number of nitrogens with zero attached hydrogens (tertiary/aromatic N) is 2. The second kappa shape index (κ2) is 6.08. The van der Waals surface area contributed by atoms with Crippen molar-refractivity contribution in [3.05, 3.63) is 64.0 Å². The molecule has 2 aromatic heterocycles. The number of carbonyl (C=O) groups excluding carboxylic acids is 1. The second-order valence-electron chi connectivity index (χ2n) is 6.36. The fourth-order valence-electron chi connectivity index (χ4n) is 3.31. The summed E-state index contributed by atoms with van der Waals surface area (Å²) in [5.41, 5.74) is 2.62. The van der Waals surface area contributed by atoms with Gasteiger partial charge >= 0.3 is 0 Å². The first-order valence-electron chi connectivity index (χ1n) is 8.33. The molecule has 1 atom stereocenters. The van der Waals surface area contributed by atoms with Crippen LogP contribution < -0.4 is 10.9 Å². The molecule has 2 heterocycles. The third-order valence-corrected chi connectivity index (χ3v) is 4.53. The van der Waals surface area contributed by atoms with Gasteiger partial charge in [-0.25, -0.2) is 9.67 Å². The molecular weight excluding hydrogens is 318 g/mol. The van der Waals surface area contributed by atoms with Crippen molar-refractivity contribution in [1.82, 2.24) is 19.7 Å². The number of aromatic amines is 2. The fourth-order valence-corrected chi connectivity index (χ4v) is 3.31. The number of anilines is 1. The van der Waals surface area contributed by atoms with E-state index < -0.39 is 0 Å². The summed E-state index contributed by atoms with van der Waals surface area (Å²) in [7, 11) is 0. The molecule has 3 N–H and O–H groups in total. The molecule has 0 fully saturated rings. The summed E-state index contributed by atoms with van der Waals surface area (Å²) in [5, 5.41) is 5.77. The van der Waals surface area contributed by atoms with Gasteiger partial charge in [0.15, 0.2) is 0 Å². The smallest absolute Gasteiger partial charge is 0.273 e. The van der Waals surface area contributed by atoms with E-state index in [4.69, 9.17) is 0 Å². The Morgan fingerprint density at radius 2 is 2.12 bits per heavy atom. The number of imidazole rings is 1. The lowest BCUT2D eigenvalue weighted by atomic mass is 9.89. The number of benzene rings is 1. The van der Waals surface area contributed by atoms with Crippen molar-refractivity contribution < 1.29 is 4.79 Å². The molecule has 1 aliphatic rings. The average Bonchev–Trinajstić information content (AvgIpc) is 3.16. The Labute approximate surface area is 144 Å². The Morgan fingerprint density at radius 3 is 2.92 bits per heavy atom. The van der Waals surface area contributed by atoms with Crippen LogP contribution in [0.4, 0.5) is 5.82 Å². The van der Waals surface area contributed by atoms with Crippen LogP contribution in [0.5, 0.6) is 0 Å². The van der Waals surface area contributed by atoms with Crippen molar-refractivity contribution in [2.24, 2.45) is 5.92 Å². The zero-order chi connectivity index (χ0) is 17.4. The highest BCUT2D eigenvalue weighted by Crippen LogP contribution is 2.24. The summed E-state index contributed by atoms with van der Waals surface area (Å²) in [6.45, 7) is 1.92. The highest BCUT2D eigenvalue weighted by molar-refractivity contribution is 5.92. The number of nitrogens with one attached hydrogen (secondary N) is 3.